The highest BCUT2D eigenvalue weighted by Crippen LogP contribution is 2.43. The van der Waals surface area contributed by atoms with Gasteiger partial charge in [-0.1, -0.05) is 12.1 Å². The maximum atomic E-state index is 13.0. The molecule has 33 heavy (non-hydrogen) atoms. The average Bonchev–Trinajstić information content (AvgIpc) is 3.58. The number of carbonyl (C=O) groups is 2. The van der Waals surface area contributed by atoms with Crippen LogP contribution in [0.3, 0.4) is 0 Å². The van der Waals surface area contributed by atoms with Crippen molar-refractivity contribution in [3.05, 3.63) is 69.6 Å². The largest absolute Gasteiger partial charge is 0.465 e. The van der Waals surface area contributed by atoms with E-state index in [-0.39, 0.29) is 11.1 Å². The Hall–Kier alpha value is -3.61. The van der Waals surface area contributed by atoms with Crippen LogP contribution in [0.15, 0.2) is 47.4 Å². The number of ether oxygens (including phenoxy) is 2. The monoisotopic (exact) mass is 448 g/mol. The molecule has 1 saturated carbocycles. The maximum absolute atomic E-state index is 13.0. The lowest BCUT2D eigenvalue weighted by Crippen LogP contribution is -2.27. The fourth-order valence-corrected chi connectivity index (χ4v) is 4.03. The second-order valence-electron chi connectivity index (χ2n) is 9.36. The van der Waals surface area contributed by atoms with Gasteiger partial charge in [-0.2, -0.15) is 0 Å². The molecule has 7 heteroatoms. The van der Waals surface area contributed by atoms with Crippen molar-refractivity contribution in [3.8, 4) is 11.1 Å². The fraction of sp³-hybridized carbons (Fsp3) is 0.346. The molecule has 1 aromatic carbocycles. The van der Waals surface area contributed by atoms with Crippen LogP contribution in [0, 0.1) is 6.92 Å². The summed E-state index contributed by atoms with van der Waals surface area (Å²) < 4.78 is 11.7. The van der Waals surface area contributed by atoms with Crippen molar-refractivity contribution in [2.24, 2.45) is 0 Å². The Bertz CT molecular complexity index is 1300. The summed E-state index contributed by atoms with van der Waals surface area (Å²) in [5.74, 6) is -0.288. The minimum absolute atomic E-state index is 0.0571. The Morgan fingerprint density at radius 3 is 2.33 bits per heavy atom. The predicted molar refractivity (Wildman–Crippen MR) is 127 cm³/mol. The number of benzene rings is 1. The van der Waals surface area contributed by atoms with Crippen molar-refractivity contribution in [2.75, 3.05) is 12.4 Å². The van der Waals surface area contributed by atoms with E-state index in [0.29, 0.717) is 11.6 Å². The molecule has 4 rings (SSSR count). The smallest absolute Gasteiger partial charge is 0.412 e. The van der Waals surface area contributed by atoms with Crippen LogP contribution in [0.2, 0.25) is 0 Å². The minimum atomic E-state index is -0.619. The minimum Gasteiger partial charge on any atom is -0.465 e. The van der Waals surface area contributed by atoms with Gasteiger partial charge in [0, 0.05) is 11.9 Å². The number of aryl methyl sites for hydroxylation is 1. The van der Waals surface area contributed by atoms with Crippen molar-refractivity contribution < 1.29 is 19.1 Å². The molecule has 1 aliphatic carbocycles. The Balaban J connectivity index is 1.73. The molecule has 1 N–H and O–H groups in total. The number of hydrogen-bond donors (Lipinski definition) is 1. The van der Waals surface area contributed by atoms with Gasteiger partial charge < -0.3 is 9.47 Å². The van der Waals surface area contributed by atoms with Crippen molar-refractivity contribution >= 4 is 23.3 Å². The fourth-order valence-electron chi connectivity index (χ4n) is 4.03. The molecule has 2 aromatic heterocycles. The summed E-state index contributed by atoms with van der Waals surface area (Å²) in [4.78, 5) is 37.2. The summed E-state index contributed by atoms with van der Waals surface area (Å²) in [6, 6.07) is 11.0. The first-order valence-electron chi connectivity index (χ1n) is 11.0. The van der Waals surface area contributed by atoms with Gasteiger partial charge in [0.1, 0.15) is 11.2 Å². The number of fused-ring (bicyclic) bond motifs is 1. The third-order valence-corrected chi connectivity index (χ3v) is 5.68. The summed E-state index contributed by atoms with van der Waals surface area (Å²) in [6.45, 7) is 7.43. The molecule has 0 spiro atoms. The van der Waals surface area contributed by atoms with Crippen LogP contribution in [0.1, 0.15) is 61.0 Å². The van der Waals surface area contributed by atoms with E-state index in [0.717, 1.165) is 40.6 Å². The van der Waals surface area contributed by atoms with E-state index in [1.165, 1.54) is 7.11 Å². The average molecular weight is 449 g/mol. The van der Waals surface area contributed by atoms with Gasteiger partial charge in [0.15, 0.2) is 0 Å². The number of carbonyl (C=O) groups excluding carboxylic acids is 2. The molecule has 3 aromatic rings. The predicted octanol–water partition coefficient (Wildman–Crippen LogP) is 5.29. The molecule has 0 radical (unpaired) electrons. The summed E-state index contributed by atoms with van der Waals surface area (Å²) in [5.41, 5.74) is 4.46. The lowest BCUT2D eigenvalue weighted by Gasteiger charge is -2.19. The summed E-state index contributed by atoms with van der Waals surface area (Å²) in [6.07, 6.45) is 3.27. The van der Waals surface area contributed by atoms with Gasteiger partial charge in [-0.3, -0.25) is 14.5 Å². The van der Waals surface area contributed by atoms with E-state index in [4.69, 9.17) is 9.47 Å². The normalized spacial score (nSPS) is 13.6. The van der Waals surface area contributed by atoms with Gasteiger partial charge in [0.2, 0.25) is 0 Å². The number of nitrogens with zero attached hydrogens (tertiary/aromatic N) is 1. The van der Waals surface area contributed by atoms with E-state index in [1.54, 1.807) is 16.7 Å². The molecule has 2 heterocycles. The van der Waals surface area contributed by atoms with Crippen molar-refractivity contribution in [1.82, 2.24) is 4.40 Å². The highest BCUT2D eigenvalue weighted by atomic mass is 16.6. The molecule has 0 aliphatic heterocycles. The van der Waals surface area contributed by atoms with Gasteiger partial charge >= 0.3 is 12.1 Å². The zero-order valence-corrected chi connectivity index (χ0v) is 19.5. The third-order valence-electron chi connectivity index (χ3n) is 5.68. The summed E-state index contributed by atoms with van der Waals surface area (Å²) >= 11 is 0. The SMILES string of the molecule is COC(=O)c1cc(C2CC2)c2c(C)c(-c3ccc(NC(=O)OC(C)(C)C)cc3)ccn2c1=O. The maximum Gasteiger partial charge on any atom is 0.412 e. The molecule has 172 valence electrons. The first kappa shape index (κ1) is 22.6. The molecule has 0 unspecified atom stereocenters. The van der Waals surface area contributed by atoms with Crippen molar-refractivity contribution in [2.45, 2.75) is 52.1 Å². The van der Waals surface area contributed by atoms with Crippen LogP contribution >= 0.6 is 0 Å². The number of pyridine rings is 2. The first-order chi connectivity index (χ1) is 15.6. The molecule has 0 bridgehead atoms. The summed E-state index contributed by atoms with van der Waals surface area (Å²) in [5, 5.41) is 2.73. The van der Waals surface area contributed by atoms with Gasteiger partial charge in [0.25, 0.3) is 5.56 Å². The number of amides is 1. The van der Waals surface area contributed by atoms with E-state index in [2.05, 4.69) is 5.32 Å². The number of hydrogen-bond acceptors (Lipinski definition) is 5. The Kier molecular flexibility index (Phi) is 5.74. The Morgan fingerprint density at radius 1 is 1.09 bits per heavy atom. The molecule has 1 amide bonds. The number of anilines is 1. The van der Waals surface area contributed by atoms with Gasteiger partial charge in [0.05, 0.1) is 12.6 Å². The molecule has 7 nitrogen and oxygen atoms in total. The number of nitrogens with one attached hydrogen (secondary N) is 1. The molecule has 1 fully saturated rings. The van der Waals surface area contributed by atoms with Crippen LogP contribution in [0.25, 0.3) is 16.6 Å². The van der Waals surface area contributed by atoms with Crippen LogP contribution < -0.4 is 10.9 Å². The first-order valence-corrected chi connectivity index (χ1v) is 11.0. The highest BCUT2D eigenvalue weighted by Gasteiger charge is 2.29. The molecule has 0 atom stereocenters. The lowest BCUT2D eigenvalue weighted by atomic mass is 9.96. The Labute approximate surface area is 192 Å². The van der Waals surface area contributed by atoms with Crippen LogP contribution in [-0.2, 0) is 9.47 Å². The lowest BCUT2D eigenvalue weighted by molar-refractivity contribution is 0.0596. The highest BCUT2D eigenvalue weighted by molar-refractivity contribution is 5.91. The zero-order valence-electron chi connectivity index (χ0n) is 19.5. The summed E-state index contributed by atoms with van der Waals surface area (Å²) in [7, 11) is 1.28. The number of aromatic nitrogens is 1. The third kappa shape index (κ3) is 4.62. The molecular formula is C26H28N2O5. The van der Waals surface area contributed by atoms with E-state index in [1.807, 2.05) is 58.0 Å². The van der Waals surface area contributed by atoms with E-state index in [9.17, 15) is 14.4 Å². The van der Waals surface area contributed by atoms with Crippen molar-refractivity contribution in [3.63, 3.8) is 0 Å². The standard InChI is InChI=1S/C26H28N2O5/c1-15-19(16-8-10-18(11-9-16)27-25(31)33-26(2,3)4)12-13-28-22(15)20(17-6-7-17)14-21(23(28)29)24(30)32-5/h8-14,17H,6-7H2,1-5H3,(H,27,31). The van der Waals surface area contributed by atoms with Gasteiger partial charge in [-0.25, -0.2) is 9.59 Å². The second-order valence-corrected chi connectivity index (χ2v) is 9.36. The molecular weight excluding hydrogens is 420 g/mol. The van der Waals surface area contributed by atoms with E-state index < -0.39 is 17.7 Å². The molecule has 1 aliphatic rings. The second kappa shape index (κ2) is 8.39. The van der Waals surface area contributed by atoms with Crippen LogP contribution in [0.5, 0.6) is 0 Å². The number of methoxy groups -OCH3 is 1. The Morgan fingerprint density at radius 2 is 1.76 bits per heavy atom. The van der Waals surface area contributed by atoms with Crippen LogP contribution in [0.4, 0.5) is 10.5 Å². The topological polar surface area (TPSA) is 86.1 Å². The van der Waals surface area contributed by atoms with Crippen LogP contribution in [-0.4, -0.2) is 29.2 Å². The number of rotatable bonds is 4. The number of esters is 1. The van der Waals surface area contributed by atoms with Crippen molar-refractivity contribution in [1.29, 1.82) is 0 Å². The van der Waals surface area contributed by atoms with E-state index >= 15 is 0 Å². The van der Waals surface area contributed by atoms with Gasteiger partial charge in [-0.05, 0) is 93.0 Å². The zero-order chi connectivity index (χ0) is 23.9. The van der Waals surface area contributed by atoms with Gasteiger partial charge in [-0.15, -0.1) is 0 Å². The quantitative estimate of drug-likeness (QED) is 0.549. The molecule has 0 saturated heterocycles.